The summed E-state index contributed by atoms with van der Waals surface area (Å²) in [6.07, 6.45) is 19.9. The van der Waals surface area contributed by atoms with Gasteiger partial charge in [-0.3, -0.25) is 0 Å². The Morgan fingerprint density at radius 2 is 1.69 bits per heavy atom. The van der Waals surface area contributed by atoms with Crippen molar-refractivity contribution in [2.45, 2.75) is 129 Å². The van der Waals surface area contributed by atoms with E-state index in [1.165, 1.54) is 70.6 Å². The van der Waals surface area contributed by atoms with Gasteiger partial charge in [0.25, 0.3) is 0 Å². The third kappa shape index (κ3) is 3.84. The van der Waals surface area contributed by atoms with Gasteiger partial charge in [0.05, 0.1) is 11.7 Å². The molecule has 0 aromatic rings. The quantitative estimate of drug-likeness (QED) is 0.439. The second kappa shape index (κ2) is 8.40. The average molecular weight is 443 g/mol. The zero-order valence-electron chi connectivity index (χ0n) is 21.4. The molecule has 0 saturated heterocycles. The van der Waals surface area contributed by atoms with Crippen molar-refractivity contribution < 1.29 is 10.2 Å². The van der Waals surface area contributed by atoms with Gasteiger partial charge in [-0.05, 0) is 130 Å². The highest BCUT2D eigenvalue weighted by atomic mass is 16.3. The highest BCUT2D eigenvalue weighted by Crippen LogP contribution is 2.67. The van der Waals surface area contributed by atoms with Gasteiger partial charge in [0, 0.05) is 0 Å². The molecule has 5 rings (SSSR count). The molecule has 0 heterocycles. The van der Waals surface area contributed by atoms with Gasteiger partial charge in [-0.1, -0.05) is 45.3 Å². The zero-order chi connectivity index (χ0) is 22.7. The van der Waals surface area contributed by atoms with E-state index in [9.17, 15) is 10.2 Å². The number of hydrogen-bond acceptors (Lipinski definition) is 2. The van der Waals surface area contributed by atoms with Crippen LogP contribution in [0, 0.1) is 46.3 Å². The Morgan fingerprint density at radius 1 is 0.938 bits per heavy atom. The molecule has 0 aromatic heterocycles. The van der Waals surface area contributed by atoms with Crippen molar-refractivity contribution in [3.05, 3.63) is 11.6 Å². The van der Waals surface area contributed by atoms with Crippen LogP contribution in [0.1, 0.15) is 118 Å². The standard InChI is InChI=1S/C30H50O2/c1-20(9-14-27(31)21-7-5-6-8-21)24-12-13-25-23-11-10-22-19-28(2,32)17-18-29(22,3)26(23)15-16-30(24,25)4/h10,20-21,23-27,31-32H,5-9,11-19H2,1-4H3/t20-,23+,24-,25+,26+,27+,28+,29+,30-/m1/s1. The van der Waals surface area contributed by atoms with Gasteiger partial charge in [-0.2, -0.15) is 0 Å². The highest BCUT2D eigenvalue weighted by Gasteiger charge is 2.59. The summed E-state index contributed by atoms with van der Waals surface area (Å²) in [7, 11) is 0. The largest absolute Gasteiger partial charge is 0.393 e. The summed E-state index contributed by atoms with van der Waals surface area (Å²) in [6, 6.07) is 0. The minimum absolute atomic E-state index is 0.0499. The number of allylic oxidation sites excluding steroid dienone is 1. The second-order valence-corrected chi connectivity index (χ2v) is 13.8. The van der Waals surface area contributed by atoms with Crippen LogP contribution >= 0.6 is 0 Å². The van der Waals surface area contributed by atoms with Crippen molar-refractivity contribution in [3.63, 3.8) is 0 Å². The minimum atomic E-state index is -0.488. The lowest BCUT2D eigenvalue weighted by molar-refractivity contribution is -0.0710. The predicted molar refractivity (Wildman–Crippen MR) is 132 cm³/mol. The van der Waals surface area contributed by atoms with Crippen LogP contribution in [0.4, 0.5) is 0 Å². The molecule has 5 aliphatic rings. The van der Waals surface area contributed by atoms with Crippen LogP contribution in [0.15, 0.2) is 11.6 Å². The molecule has 2 heteroatoms. The summed E-state index contributed by atoms with van der Waals surface area (Å²) in [5, 5.41) is 21.5. The van der Waals surface area contributed by atoms with Crippen molar-refractivity contribution in [3.8, 4) is 0 Å². The van der Waals surface area contributed by atoms with Gasteiger partial charge in [-0.15, -0.1) is 0 Å². The molecule has 4 fully saturated rings. The van der Waals surface area contributed by atoms with Crippen LogP contribution in [0.3, 0.4) is 0 Å². The molecule has 182 valence electrons. The lowest BCUT2D eigenvalue weighted by atomic mass is 9.46. The summed E-state index contributed by atoms with van der Waals surface area (Å²) in [5.74, 6) is 4.74. The van der Waals surface area contributed by atoms with Crippen LogP contribution in [-0.4, -0.2) is 21.9 Å². The lowest BCUT2D eigenvalue weighted by Gasteiger charge is -2.59. The van der Waals surface area contributed by atoms with E-state index >= 15 is 0 Å². The molecule has 0 amide bonds. The van der Waals surface area contributed by atoms with Crippen molar-refractivity contribution in [1.82, 2.24) is 0 Å². The van der Waals surface area contributed by atoms with Gasteiger partial charge in [0.15, 0.2) is 0 Å². The summed E-state index contributed by atoms with van der Waals surface area (Å²) < 4.78 is 0. The van der Waals surface area contributed by atoms with E-state index in [1.807, 2.05) is 6.92 Å². The third-order valence-electron chi connectivity index (χ3n) is 12.0. The normalized spacial score (nSPS) is 48.5. The Balaban J connectivity index is 1.27. The zero-order valence-corrected chi connectivity index (χ0v) is 21.4. The fourth-order valence-corrected chi connectivity index (χ4v) is 9.99. The Morgan fingerprint density at radius 3 is 2.44 bits per heavy atom. The Hall–Kier alpha value is -0.340. The second-order valence-electron chi connectivity index (χ2n) is 13.8. The number of aliphatic hydroxyl groups excluding tert-OH is 1. The first-order chi connectivity index (χ1) is 15.1. The fourth-order valence-electron chi connectivity index (χ4n) is 9.99. The maximum absolute atomic E-state index is 10.7. The molecular weight excluding hydrogens is 392 g/mol. The lowest BCUT2D eigenvalue weighted by Crippen LogP contribution is -2.52. The van der Waals surface area contributed by atoms with E-state index in [0.29, 0.717) is 16.7 Å². The Bertz CT molecular complexity index is 718. The molecule has 0 bridgehead atoms. The topological polar surface area (TPSA) is 40.5 Å². The third-order valence-corrected chi connectivity index (χ3v) is 12.0. The van der Waals surface area contributed by atoms with E-state index in [1.54, 1.807) is 5.57 Å². The van der Waals surface area contributed by atoms with Gasteiger partial charge in [-0.25, -0.2) is 0 Å². The Kier molecular flexibility index (Phi) is 6.14. The summed E-state index contributed by atoms with van der Waals surface area (Å²) in [4.78, 5) is 0. The summed E-state index contributed by atoms with van der Waals surface area (Å²) in [5.41, 5.74) is 1.93. The van der Waals surface area contributed by atoms with Gasteiger partial charge in [0.2, 0.25) is 0 Å². The monoisotopic (exact) mass is 442 g/mol. The van der Waals surface area contributed by atoms with E-state index < -0.39 is 5.60 Å². The first-order valence-corrected chi connectivity index (χ1v) is 14.2. The summed E-state index contributed by atoms with van der Waals surface area (Å²) in [6.45, 7) is 9.76. The van der Waals surface area contributed by atoms with E-state index in [0.717, 1.165) is 48.9 Å². The molecule has 2 N–H and O–H groups in total. The molecule has 2 nitrogen and oxygen atoms in total. The van der Waals surface area contributed by atoms with Crippen LogP contribution < -0.4 is 0 Å². The average Bonchev–Trinajstić information content (AvgIpc) is 3.40. The molecule has 32 heavy (non-hydrogen) atoms. The van der Waals surface area contributed by atoms with Crippen LogP contribution in [-0.2, 0) is 0 Å². The number of fused-ring (bicyclic) bond motifs is 5. The predicted octanol–water partition coefficient (Wildman–Crippen LogP) is 7.28. The fraction of sp³-hybridized carbons (Fsp3) is 0.933. The van der Waals surface area contributed by atoms with Crippen LogP contribution in [0.5, 0.6) is 0 Å². The molecular formula is C30H50O2. The number of aliphatic hydroxyl groups is 2. The Labute approximate surface area is 197 Å². The maximum atomic E-state index is 10.7. The van der Waals surface area contributed by atoms with Gasteiger partial charge in [0.1, 0.15) is 0 Å². The highest BCUT2D eigenvalue weighted by molar-refractivity contribution is 5.26. The minimum Gasteiger partial charge on any atom is -0.393 e. The molecule has 0 unspecified atom stereocenters. The maximum Gasteiger partial charge on any atom is 0.0657 e. The van der Waals surface area contributed by atoms with Crippen LogP contribution in [0.25, 0.3) is 0 Å². The van der Waals surface area contributed by atoms with Crippen molar-refractivity contribution in [2.24, 2.45) is 46.3 Å². The molecule has 9 atom stereocenters. The SMILES string of the molecule is C[C@H](CC[C@H](O)C1CCCC1)[C@H]1CC[C@H]2[C@@H]3CC=C4C[C@@](C)(O)CC[C@]4(C)[C@H]3CC[C@]12C. The number of hydrogen-bond donors (Lipinski definition) is 2. The van der Waals surface area contributed by atoms with Gasteiger partial charge < -0.3 is 10.2 Å². The molecule has 4 saturated carbocycles. The van der Waals surface area contributed by atoms with E-state index in [-0.39, 0.29) is 6.10 Å². The smallest absolute Gasteiger partial charge is 0.0657 e. The first kappa shape index (κ1) is 23.4. The molecule has 5 aliphatic carbocycles. The van der Waals surface area contributed by atoms with Crippen molar-refractivity contribution in [2.75, 3.05) is 0 Å². The molecule has 0 aliphatic heterocycles. The van der Waals surface area contributed by atoms with Crippen LogP contribution in [0.2, 0.25) is 0 Å². The van der Waals surface area contributed by atoms with Crippen molar-refractivity contribution in [1.29, 1.82) is 0 Å². The van der Waals surface area contributed by atoms with Gasteiger partial charge >= 0.3 is 0 Å². The summed E-state index contributed by atoms with van der Waals surface area (Å²) >= 11 is 0. The van der Waals surface area contributed by atoms with E-state index in [4.69, 9.17) is 0 Å². The molecule has 0 spiro atoms. The van der Waals surface area contributed by atoms with E-state index in [2.05, 4.69) is 26.8 Å². The number of rotatable bonds is 5. The first-order valence-electron chi connectivity index (χ1n) is 14.2. The molecule has 0 aromatic carbocycles. The molecule has 0 radical (unpaired) electrons. The van der Waals surface area contributed by atoms with Crippen molar-refractivity contribution >= 4 is 0 Å².